The van der Waals surface area contributed by atoms with Crippen LogP contribution in [0, 0.1) is 11.2 Å². The molecule has 0 fully saturated rings. The van der Waals surface area contributed by atoms with E-state index in [1.807, 2.05) is 24.3 Å². The molecule has 0 amide bonds. The minimum absolute atomic E-state index is 0.171. The van der Waals surface area contributed by atoms with E-state index >= 15 is 0 Å². The number of sulfonamides is 1. The van der Waals surface area contributed by atoms with E-state index < -0.39 is 37.9 Å². The van der Waals surface area contributed by atoms with Crippen molar-refractivity contribution in [2.24, 2.45) is 5.41 Å². The first-order valence-corrected chi connectivity index (χ1v) is 11.6. The molecule has 0 radical (unpaired) electrons. The van der Waals surface area contributed by atoms with Gasteiger partial charge < -0.3 is 4.74 Å². The molecule has 170 valence electrons. The predicted octanol–water partition coefficient (Wildman–Crippen LogP) is 4.75. The van der Waals surface area contributed by atoms with Gasteiger partial charge in [-0.2, -0.15) is 0 Å². The highest BCUT2D eigenvalue weighted by Crippen LogP contribution is 2.40. The third-order valence-corrected chi connectivity index (χ3v) is 7.23. The average molecular weight is 468 g/mol. The number of carbonyl (C=O) groups is 2. The molecular formula is C25H22FNO5S. The fourth-order valence-corrected chi connectivity index (χ4v) is 4.97. The number of halogens is 1. The van der Waals surface area contributed by atoms with Gasteiger partial charge in [-0.25, -0.2) is 12.8 Å². The first-order chi connectivity index (χ1) is 15.4. The van der Waals surface area contributed by atoms with Crippen molar-refractivity contribution in [2.45, 2.75) is 25.7 Å². The van der Waals surface area contributed by atoms with Gasteiger partial charge in [0.15, 0.2) is 5.76 Å². The summed E-state index contributed by atoms with van der Waals surface area (Å²) in [4.78, 5) is 25.7. The van der Waals surface area contributed by atoms with E-state index in [0.717, 1.165) is 23.9 Å². The molecule has 0 unspecified atom stereocenters. The number of benzene rings is 3. The van der Waals surface area contributed by atoms with Crippen molar-refractivity contribution in [3.8, 4) is 0 Å². The summed E-state index contributed by atoms with van der Waals surface area (Å²) in [5, 5.41) is 1.68. The second-order valence-electron chi connectivity index (χ2n) is 8.80. The first-order valence-electron chi connectivity index (χ1n) is 10.2. The van der Waals surface area contributed by atoms with E-state index in [1.54, 1.807) is 39.0 Å². The molecular weight excluding hydrogens is 445 g/mol. The maximum Gasteiger partial charge on any atom is 0.316 e. The SMILES string of the molecule is CN1C(C(=O)c2ccc3ccccc3c2)=C(OC(=O)C(C)(C)C)c2cccc(F)c2S1(=O)=O. The number of Topliss-reactive ketones (excluding diaryl/α,β-unsaturated/α-hetero) is 1. The third-order valence-electron chi connectivity index (χ3n) is 5.39. The topological polar surface area (TPSA) is 80.8 Å². The van der Waals surface area contributed by atoms with Crippen molar-refractivity contribution in [2.75, 3.05) is 7.05 Å². The van der Waals surface area contributed by atoms with Gasteiger partial charge in [0, 0.05) is 18.2 Å². The second kappa shape index (κ2) is 7.81. The van der Waals surface area contributed by atoms with Gasteiger partial charge in [-0.3, -0.25) is 13.9 Å². The van der Waals surface area contributed by atoms with Crippen LogP contribution in [0.2, 0.25) is 0 Å². The van der Waals surface area contributed by atoms with E-state index in [0.29, 0.717) is 4.31 Å². The number of allylic oxidation sites excluding steroid dienone is 1. The van der Waals surface area contributed by atoms with E-state index in [-0.39, 0.29) is 22.6 Å². The summed E-state index contributed by atoms with van der Waals surface area (Å²) < 4.78 is 47.3. The van der Waals surface area contributed by atoms with E-state index in [4.69, 9.17) is 4.74 Å². The minimum atomic E-state index is -4.41. The Morgan fingerprint density at radius 3 is 2.27 bits per heavy atom. The lowest BCUT2D eigenvalue weighted by Crippen LogP contribution is -2.37. The molecule has 1 aliphatic heterocycles. The molecule has 4 rings (SSSR count). The molecule has 0 atom stereocenters. The van der Waals surface area contributed by atoms with Crippen LogP contribution in [-0.2, 0) is 19.6 Å². The van der Waals surface area contributed by atoms with Crippen molar-refractivity contribution < 1.29 is 27.1 Å². The van der Waals surface area contributed by atoms with Gasteiger partial charge in [-0.05, 0) is 49.7 Å². The summed E-state index contributed by atoms with van der Waals surface area (Å²) in [6, 6.07) is 16.0. The van der Waals surface area contributed by atoms with Crippen LogP contribution in [0.4, 0.5) is 4.39 Å². The van der Waals surface area contributed by atoms with Crippen molar-refractivity contribution in [3.05, 3.63) is 83.3 Å². The summed E-state index contributed by atoms with van der Waals surface area (Å²) in [7, 11) is -3.27. The molecule has 1 heterocycles. The zero-order valence-corrected chi connectivity index (χ0v) is 19.4. The third kappa shape index (κ3) is 3.80. The van der Waals surface area contributed by atoms with Gasteiger partial charge in [0.05, 0.1) is 5.41 Å². The lowest BCUT2D eigenvalue weighted by molar-refractivity contribution is -0.145. The lowest BCUT2D eigenvalue weighted by atomic mass is 9.97. The number of fused-ring (bicyclic) bond motifs is 2. The molecule has 3 aromatic rings. The molecule has 3 aromatic carbocycles. The van der Waals surface area contributed by atoms with Crippen LogP contribution in [0.3, 0.4) is 0 Å². The maximum absolute atomic E-state index is 14.7. The van der Waals surface area contributed by atoms with Crippen molar-refractivity contribution in [1.82, 2.24) is 4.31 Å². The van der Waals surface area contributed by atoms with Crippen molar-refractivity contribution in [3.63, 3.8) is 0 Å². The van der Waals surface area contributed by atoms with Crippen LogP contribution in [-0.4, -0.2) is 31.5 Å². The molecule has 0 bridgehead atoms. The first kappa shape index (κ1) is 22.7. The largest absolute Gasteiger partial charge is 0.423 e. The van der Waals surface area contributed by atoms with Gasteiger partial charge in [-0.1, -0.05) is 42.5 Å². The Morgan fingerprint density at radius 2 is 1.61 bits per heavy atom. The Balaban J connectivity index is 1.99. The summed E-state index contributed by atoms with van der Waals surface area (Å²) >= 11 is 0. The smallest absolute Gasteiger partial charge is 0.316 e. The molecule has 33 heavy (non-hydrogen) atoms. The fourth-order valence-electron chi connectivity index (χ4n) is 3.54. The molecule has 0 N–H and O–H groups in total. The summed E-state index contributed by atoms with van der Waals surface area (Å²) in [5.74, 6) is -2.65. The number of nitrogens with zero attached hydrogens (tertiary/aromatic N) is 1. The van der Waals surface area contributed by atoms with E-state index in [2.05, 4.69) is 0 Å². The van der Waals surface area contributed by atoms with Crippen LogP contribution in [0.5, 0.6) is 0 Å². The number of carbonyl (C=O) groups excluding carboxylic acids is 2. The van der Waals surface area contributed by atoms with Crippen molar-refractivity contribution in [1.29, 1.82) is 0 Å². The quantitative estimate of drug-likeness (QED) is 0.410. The van der Waals surface area contributed by atoms with Crippen LogP contribution in [0.25, 0.3) is 16.5 Å². The zero-order chi connectivity index (χ0) is 24.1. The number of likely N-dealkylation sites (N-methyl/N-ethyl adjacent to an activating group) is 1. The molecule has 0 spiro atoms. The zero-order valence-electron chi connectivity index (χ0n) is 18.5. The molecule has 0 aliphatic carbocycles. The summed E-state index contributed by atoms with van der Waals surface area (Å²) in [6.07, 6.45) is 0. The molecule has 0 aromatic heterocycles. The lowest BCUT2D eigenvalue weighted by Gasteiger charge is -2.31. The van der Waals surface area contributed by atoms with Crippen LogP contribution >= 0.6 is 0 Å². The normalized spacial score (nSPS) is 15.4. The predicted molar refractivity (Wildman–Crippen MR) is 122 cm³/mol. The fraction of sp³-hybridized carbons (Fsp3) is 0.200. The van der Waals surface area contributed by atoms with E-state index in [1.165, 1.54) is 12.1 Å². The monoisotopic (exact) mass is 467 g/mol. The number of hydrogen-bond acceptors (Lipinski definition) is 5. The highest BCUT2D eigenvalue weighted by Gasteiger charge is 2.42. The molecule has 6 nitrogen and oxygen atoms in total. The minimum Gasteiger partial charge on any atom is -0.423 e. The number of ether oxygens (including phenoxy) is 1. The Hall–Kier alpha value is -3.52. The Kier molecular flexibility index (Phi) is 5.36. The van der Waals surface area contributed by atoms with Gasteiger partial charge in [-0.15, -0.1) is 0 Å². The standard InChI is InChI=1S/C25H22FNO5S/c1-25(2,3)24(29)32-22-18-10-7-11-19(26)23(18)33(30,31)27(4)20(22)21(28)17-13-12-15-8-5-6-9-16(15)14-17/h5-14H,1-4H3. The number of ketones is 1. The van der Waals surface area contributed by atoms with Crippen LogP contribution in [0.1, 0.15) is 36.7 Å². The maximum atomic E-state index is 14.7. The van der Waals surface area contributed by atoms with Gasteiger partial charge in [0.1, 0.15) is 16.4 Å². The molecule has 0 saturated heterocycles. The van der Waals surface area contributed by atoms with Crippen molar-refractivity contribution >= 4 is 38.3 Å². The van der Waals surface area contributed by atoms with Gasteiger partial charge >= 0.3 is 5.97 Å². The number of esters is 1. The highest BCUT2D eigenvalue weighted by atomic mass is 32.2. The van der Waals surface area contributed by atoms with E-state index in [9.17, 15) is 22.4 Å². The number of rotatable bonds is 3. The average Bonchev–Trinajstić information content (AvgIpc) is 2.76. The Morgan fingerprint density at radius 1 is 0.939 bits per heavy atom. The van der Waals surface area contributed by atoms with Gasteiger partial charge in [0.25, 0.3) is 10.0 Å². The summed E-state index contributed by atoms with van der Waals surface area (Å²) in [6.45, 7) is 4.86. The number of hydrogen-bond donors (Lipinski definition) is 0. The molecule has 1 aliphatic rings. The van der Waals surface area contributed by atoms with Crippen LogP contribution < -0.4 is 0 Å². The van der Waals surface area contributed by atoms with Crippen LogP contribution in [0.15, 0.2) is 71.3 Å². The Bertz CT molecular complexity index is 1450. The summed E-state index contributed by atoms with van der Waals surface area (Å²) in [5.41, 5.74) is -1.28. The highest BCUT2D eigenvalue weighted by molar-refractivity contribution is 7.89. The Labute approximate surface area is 191 Å². The van der Waals surface area contributed by atoms with Gasteiger partial charge in [0.2, 0.25) is 5.78 Å². The molecule has 8 heteroatoms. The second-order valence-corrected chi connectivity index (χ2v) is 10.7. The molecule has 0 saturated carbocycles.